The van der Waals surface area contributed by atoms with Crippen molar-refractivity contribution in [1.82, 2.24) is 20.1 Å². The Hall–Kier alpha value is -3.48. The molecule has 2 amide bonds. The van der Waals surface area contributed by atoms with Crippen LogP contribution in [-0.4, -0.2) is 26.6 Å². The zero-order valence-corrected chi connectivity index (χ0v) is 14.8. The van der Waals surface area contributed by atoms with Crippen LogP contribution in [0.5, 0.6) is 0 Å². The van der Waals surface area contributed by atoms with Crippen LogP contribution in [0.25, 0.3) is 5.69 Å². The summed E-state index contributed by atoms with van der Waals surface area (Å²) < 4.78 is 1.67. The number of para-hydroxylation sites is 1. The van der Waals surface area contributed by atoms with Crippen LogP contribution < -0.4 is 10.6 Å². The van der Waals surface area contributed by atoms with Crippen LogP contribution in [0.15, 0.2) is 61.2 Å². The van der Waals surface area contributed by atoms with Gasteiger partial charge in [0.1, 0.15) is 12.7 Å². The van der Waals surface area contributed by atoms with Crippen LogP contribution >= 0.6 is 0 Å². The lowest BCUT2D eigenvalue weighted by atomic mass is 9.89. The first kappa shape index (κ1) is 17.0. The summed E-state index contributed by atoms with van der Waals surface area (Å²) in [5.74, 6) is -0.768. The van der Waals surface area contributed by atoms with E-state index in [0.717, 1.165) is 16.8 Å². The van der Waals surface area contributed by atoms with E-state index in [1.807, 2.05) is 55.5 Å². The minimum atomic E-state index is -0.480. The molecule has 2 heterocycles. The highest BCUT2D eigenvalue weighted by atomic mass is 16.2. The molecule has 0 saturated heterocycles. The highest BCUT2D eigenvalue weighted by Crippen LogP contribution is 2.32. The van der Waals surface area contributed by atoms with E-state index in [2.05, 4.69) is 20.7 Å². The molecule has 2 N–H and O–H groups in total. The van der Waals surface area contributed by atoms with Gasteiger partial charge in [-0.25, -0.2) is 9.67 Å². The monoisotopic (exact) mass is 361 g/mol. The Morgan fingerprint density at radius 2 is 2.00 bits per heavy atom. The maximum Gasteiger partial charge on any atom is 0.228 e. The van der Waals surface area contributed by atoms with Gasteiger partial charge in [0.2, 0.25) is 11.8 Å². The van der Waals surface area contributed by atoms with E-state index in [4.69, 9.17) is 0 Å². The maximum absolute atomic E-state index is 12.8. The lowest BCUT2D eigenvalue weighted by Gasteiger charge is -2.26. The highest BCUT2D eigenvalue weighted by molar-refractivity contribution is 6.01. The number of anilines is 1. The number of carbonyl (C=O) groups excluding carboxylic acids is 2. The number of nitrogens with zero attached hydrogens (tertiary/aromatic N) is 3. The molecule has 27 heavy (non-hydrogen) atoms. The largest absolute Gasteiger partial charge is 0.349 e. The summed E-state index contributed by atoms with van der Waals surface area (Å²) in [5.41, 5.74) is 3.43. The lowest BCUT2D eigenvalue weighted by molar-refractivity contribution is -0.126. The molecule has 1 aliphatic rings. The lowest BCUT2D eigenvalue weighted by Crippen LogP contribution is -2.36. The summed E-state index contributed by atoms with van der Waals surface area (Å²) in [6.07, 6.45) is 3.27. The van der Waals surface area contributed by atoms with Crippen molar-refractivity contribution in [2.24, 2.45) is 0 Å². The Labute approximate surface area is 156 Å². The average molecular weight is 361 g/mol. The van der Waals surface area contributed by atoms with Crippen LogP contribution in [-0.2, 0) is 9.59 Å². The number of hydrogen-bond donors (Lipinski definition) is 2. The smallest absolute Gasteiger partial charge is 0.228 e. The van der Waals surface area contributed by atoms with Crippen molar-refractivity contribution < 1.29 is 9.59 Å². The normalized spacial score (nSPS) is 16.9. The van der Waals surface area contributed by atoms with Gasteiger partial charge < -0.3 is 10.6 Å². The van der Waals surface area contributed by atoms with Gasteiger partial charge in [0.05, 0.1) is 17.6 Å². The standard InChI is InChI=1S/C20H19N5O2/c1-13(14-6-8-15(9-7-14)25-12-21-11-22-25)23-20(27)17-10-19(26)24-18-5-3-2-4-16(17)18/h2-9,11-13,17H,10H2,1H3,(H,23,27)(H,24,26). The van der Waals surface area contributed by atoms with Crippen LogP contribution in [0.3, 0.4) is 0 Å². The van der Waals surface area contributed by atoms with Crippen molar-refractivity contribution in [3.63, 3.8) is 0 Å². The van der Waals surface area contributed by atoms with Crippen molar-refractivity contribution in [3.8, 4) is 5.69 Å². The van der Waals surface area contributed by atoms with Gasteiger partial charge >= 0.3 is 0 Å². The second-order valence-corrected chi connectivity index (χ2v) is 6.55. The predicted molar refractivity (Wildman–Crippen MR) is 100 cm³/mol. The molecule has 2 aromatic carbocycles. The van der Waals surface area contributed by atoms with Crippen LogP contribution in [0.4, 0.5) is 5.69 Å². The molecule has 0 bridgehead atoms. The Bertz CT molecular complexity index is 966. The highest BCUT2D eigenvalue weighted by Gasteiger charge is 2.31. The molecule has 7 nitrogen and oxygen atoms in total. The number of carbonyl (C=O) groups is 2. The Balaban J connectivity index is 1.49. The zero-order chi connectivity index (χ0) is 18.8. The molecule has 1 aliphatic heterocycles. The van der Waals surface area contributed by atoms with Crippen LogP contribution in [0.1, 0.15) is 36.4 Å². The van der Waals surface area contributed by atoms with Gasteiger partial charge in [-0.2, -0.15) is 5.10 Å². The SMILES string of the molecule is CC(NC(=O)C1CC(=O)Nc2ccccc21)c1ccc(-n2cncn2)cc1. The van der Waals surface area contributed by atoms with E-state index >= 15 is 0 Å². The molecular formula is C20H19N5O2. The van der Waals surface area contributed by atoms with Gasteiger partial charge in [-0.15, -0.1) is 0 Å². The van der Waals surface area contributed by atoms with Gasteiger partial charge in [-0.1, -0.05) is 30.3 Å². The summed E-state index contributed by atoms with van der Waals surface area (Å²) in [6.45, 7) is 1.93. The number of rotatable bonds is 4. The molecule has 0 saturated carbocycles. The number of hydrogen-bond acceptors (Lipinski definition) is 4. The first-order valence-electron chi connectivity index (χ1n) is 8.76. The number of benzene rings is 2. The van der Waals surface area contributed by atoms with E-state index in [1.165, 1.54) is 6.33 Å². The van der Waals surface area contributed by atoms with Crippen molar-refractivity contribution in [2.45, 2.75) is 25.3 Å². The Morgan fingerprint density at radius 1 is 1.22 bits per heavy atom. The first-order chi connectivity index (χ1) is 13.1. The van der Waals surface area contributed by atoms with Gasteiger partial charge in [-0.3, -0.25) is 9.59 Å². The fraction of sp³-hybridized carbons (Fsp3) is 0.200. The van der Waals surface area contributed by atoms with E-state index in [1.54, 1.807) is 11.0 Å². The van der Waals surface area contributed by atoms with Crippen molar-refractivity contribution in [3.05, 3.63) is 72.3 Å². The van der Waals surface area contributed by atoms with E-state index < -0.39 is 5.92 Å². The molecule has 1 aromatic heterocycles. The molecule has 4 rings (SSSR count). The van der Waals surface area contributed by atoms with Crippen LogP contribution in [0, 0.1) is 0 Å². The fourth-order valence-corrected chi connectivity index (χ4v) is 3.30. The third kappa shape index (κ3) is 3.44. The molecule has 0 aliphatic carbocycles. The topological polar surface area (TPSA) is 88.9 Å². The van der Waals surface area contributed by atoms with E-state index in [9.17, 15) is 9.59 Å². The van der Waals surface area contributed by atoms with Gasteiger partial charge in [-0.05, 0) is 36.2 Å². The minimum absolute atomic E-state index is 0.140. The predicted octanol–water partition coefficient (Wildman–Crippen LogP) is 2.57. The van der Waals surface area contributed by atoms with Crippen LogP contribution in [0.2, 0.25) is 0 Å². The molecule has 3 aromatic rings. The maximum atomic E-state index is 12.8. The third-order valence-electron chi connectivity index (χ3n) is 4.75. The molecule has 136 valence electrons. The molecule has 0 spiro atoms. The number of fused-ring (bicyclic) bond motifs is 1. The first-order valence-corrected chi connectivity index (χ1v) is 8.76. The molecule has 7 heteroatoms. The quantitative estimate of drug-likeness (QED) is 0.747. The molecule has 0 fully saturated rings. The number of nitrogens with one attached hydrogen (secondary N) is 2. The fourth-order valence-electron chi connectivity index (χ4n) is 3.30. The van der Waals surface area contributed by atoms with Crippen molar-refractivity contribution in [1.29, 1.82) is 0 Å². The minimum Gasteiger partial charge on any atom is -0.349 e. The summed E-state index contributed by atoms with van der Waals surface area (Å²) in [4.78, 5) is 28.7. The number of aromatic nitrogens is 3. The summed E-state index contributed by atoms with van der Waals surface area (Å²) >= 11 is 0. The average Bonchev–Trinajstić information content (AvgIpc) is 3.22. The molecule has 0 radical (unpaired) electrons. The van der Waals surface area contributed by atoms with Crippen molar-refractivity contribution >= 4 is 17.5 Å². The molecular weight excluding hydrogens is 342 g/mol. The Morgan fingerprint density at radius 3 is 2.74 bits per heavy atom. The van der Waals surface area contributed by atoms with Gasteiger partial charge in [0, 0.05) is 12.1 Å². The molecule has 2 unspecified atom stereocenters. The van der Waals surface area contributed by atoms with Gasteiger partial charge in [0.15, 0.2) is 0 Å². The Kier molecular flexibility index (Phi) is 4.42. The number of amides is 2. The second kappa shape index (κ2) is 7.03. The van der Waals surface area contributed by atoms with Crippen molar-refractivity contribution in [2.75, 3.05) is 5.32 Å². The molecule has 2 atom stereocenters. The summed E-state index contributed by atoms with van der Waals surface area (Å²) in [6, 6.07) is 15.0. The second-order valence-electron chi connectivity index (χ2n) is 6.55. The summed E-state index contributed by atoms with van der Waals surface area (Å²) in [7, 11) is 0. The van der Waals surface area contributed by atoms with E-state index in [-0.39, 0.29) is 24.3 Å². The van der Waals surface area contributed by atoms with E-state index in [0.29, 0.717) is 5.69 Å². The zero-order valence-electron chi connectivity index (χ0n) is 14.8. The summed E-state index contributed by atoms with van der Waals surface area (Å²) in [5, 5.41) is 9.94. The third-order valence-corrected chi connectivity index (χ3v) is 4.75. The van der Waals surface area contributed by atoms with Gasteiger partial charge in [0.25, 0.3) is 0 Å².